The lowest BCUT2D eigenvalue weighted by Gasteiger charge is -2.22. The van der Waals surface area contributed by atoms with Crippen molar-refractivity contribution in [1.29, 1.82) is 0 Å². The van der Waals surface area contributed by atoms with Crippen LogP contribution in [-0.4, -0.2) is 23.3 Å². The van der Waals surface area contributed by atoms with Gasteiger partial charge in [-0.3, -0.25) is 9.59 Å². The molecular weight excluding hydrogens is 300 g/mol. The lowest BCUT2D eigenvalue weighted by atomic mass is 10.1. The Balaban J connectivity index is 1.99. The molecule has 0 saturated carbocycles. The number of carbonyl (C=O) groups excluding carboxylic acids is 2. The summed E-state index contributed by atoms with van der Waals surface area (Å²) in [5.41, 5.74) is 8.63. The van der Waals surface area contributed by atoms with Gasteiger partial charge in [0.05, 0.1) is 0 Å². The van der Waals surface area contributed by atoms with Gasteiger partial charge in [0, 0.05) is 25.9 Å². The molecule has 2 aromatic carbocycles. The van der Waals surface area contributed by atoms with Gasteiger partial charge in [0.25, 0.3) is 0 Å². The number of hydrogen-bond donors (Lipinski definition) is 1. The number of nitrogens with zero attached hydrogens (tertiary/aromatic N) is 1. The SMILES string of the molecule is Cc1cccc(CCC(=O)N(CCC(N)=O)Cc2ccccc2)c1. The van der Waals surface area contributed by atoms with Crippen LogP contribution in [0.25, 0.3) is 0 Å². The Bertz CT molecular complexity index is 683. The van der Waals surface area contributed by atoms with Crippen molar-refractivity contribution in [3.05, 3.63) is 71.3 Å². The van der Waals surface area contributed by atoms with Crippen LogP contribution in [0.5, 0.6) is 0 Å². The molecule has 0 aliphatic heterocycles. The molecule has 0 bridgehead atoms. The number of nitrogens with two attached hydrogens (primary N) is 1. The van der Waals surface area contributed by atoms with E-state index < -0.39 is 0 Å². The van der Waals surface area contributed by atoms with Crippen LogP contribution in [0, 0.1) is 6.92 Å². The van der Waals surface area contributed by atoms with Crippen molar-refractivity contribution < 1.29 is 9.59 Å². The molecule has 0 atom stereocenters. The predicted octanol–water partition coefficient (Wildman–Crippen LogP) is 2.83. The van der Waals surface area contributed by atoms with Gasteiger partial charge in [-0.1, -0.05) is 60.2 Å². The molecule has 0 saturated heterocycles. The molecule has 2 rings (SSSR count). The zero-order chi connectivity index (χ0) is 17.4. The lowest BCUT2D eigenvalue weighted by Crippen LogP contribution is -2.33. The first-order valence-electron chi connectivity index (χ1n) is 8.20. The summed E-state index contributed by atoms with van der Waals surface area (Å²) in [5, 5.41) is 0. The Labute approximate surface area is 143 Å². The zero-order valence-electron chi connectivity index (χ0n) is 14.1. The monoisotopic (exact) mass is 324 g/mol. The third-order valence-corrected chi connectivity index (χ3v) is 3.91. The van der Waals surface area contributed by atoms with E-state index in [1.165, 1.54) is 5.56 Å². The van der Waals surface area contributed by atoms with Gasteiger partial charge in [0.2, 0.25) is 11.8 Å². The van der Waals surface area contributed by atoms with Crippen molar-refractivity contribution in [1.82, 2.24) is 4.90 Å². The average Bonchev–Trinajstić information content (AvgIpc) is 2.57. The second-order valence-electron chi connectivity index (χ2n) is 6.01. The summed E-state index contributed by atoms with van der Waals surface area (Å²) in [7, 11) is 0. The highest BCUT2D eigenvalue weighted by Crippen LogP contribution is 2.11. The minimum absolute atomic E-state index is 0.0432. The Morgan fingerprint density at radius 1 is 0.958 bits per heavy atom. The van der Waals surface area contributed by atoms with Crippen molar-refractivity contribution in [2.75, 3.05) is 6.54 Å². The van der Waals surface area contributed by atoms with Gasteiger partial charge in [-0.05, 0) is 24.5 Å². The zero-order valence-corrected chi connectivity index (χ0v) is 14.1. The smallest absolute Gasteiger partial charge is 0.223 e. The molecule has 0 heterocycles. The number of primary amides is 1. The fraction of sp³-hybridized carbons (Fsp3) is 0.300. The predicted molar refractivity (Wildman–Crippen MR) is 95.2 cm³/mol. The Morgan fingerprint density at radius 3 is 2.33 bits per heavy atom. The molecule has 0 aromatic heterocycles. The number of aryl methyl sites for hydroxylation is 2. The number of amides is 2. The van der Waals surface area contributed by atoms with E-state index in [1.54, 1.807) is 4.90 Å². The van der Waals surface area contributed by atoms with Crippen LogP contribution in [0.15, 0.2) is 54.6 Å². The van der Waals surface area contributed by atoms with E-state index >= 15 is 0 Å². The molecule has 0 spiro atoms. The Morgan fingerprint density at radius 2 is 1.67 bits per heavy atom. The Hall–Kier alpha value is -2.62. The maximum atomic E-state index is 12.6. The quantitative estimate of drug-likeness (QED) is 0.811. The van der Waals surface area contributed by atoms with Crippen molar-refractivity contribution in [2.45, 2.75) is 32.7 Å². The summed E-state index contributed by atoms with van der Waals surface area (Å²) >= 11 is 0. The molecule has 0 aliphatic carbocycles. The average molecular weight is 324 g/mol. The molecule has 2 amide bonds. The molecule has 0 unspecified atom stereocenters. The van der Waals surface area contributed by atoms with Crippen LogP contribution in [-0.2, 0) is 22.6 Å². The van der Waals surface area contributed by atoms with Gasteiger partial charge in [-0.25, -0.2) is 0 Å². The maximum Gasteiger partial charge on any atom is 0.223 e. The van der Waals surface area contributed by atoms with E-state index in [0.29, 0.717) is 25.9 Å². The molecule has 126 valence electrons. The van der Waals surface area contributed by atoms with Crippen molar-refractivity contribution in [3.8, 4) is 0 Å². The van der Waals surface area contributed by atoms with Crippen LogP contribution in [0.4, 0.5) is 0 Å². The van der Waals surface area contributed by atoms with Crippen molar-refractivity contribution >= 4 is 11.8 Å². The first-order chi connectivity index (χ1) is 11.5. The van der Waals surface area contributed by atoms with Crippen molar-refractivity contribution in [3.63, 3.8) is 0 Å². The highest BCUT2D eigenvalue weighted by Gasteiger charge is 2.15. The summed E-state index contributed by atoms with van der Waals surface area (Å²) in [6.07, 6.45) is 1.31. The minimum Gasteiger partial charge on any atom is -0.370 e. The second-order valence-corrected chi connectivity index (χ2v) is 6.01. The summed E-state index contributed by atoms with van der Waals surface area (Å²) in [5.74, 6) is -0.346. The fourth-order valence-electron chi connectivity index (χ4n) is 2.62. The topological polar surface area (TPSA) is 63.4 Å². The van der Waals surface area contributed by atoms with Gasteiger partial charge < -0.3 is 10.6 Å². The van der Waals surface area contributed by atoms with Crippen LogP contribution < -0.4 is 5.73 Å². The normalized spacial score (nSPS) is 10.4. The van der Waals surface area contributed by atoms with Crippen LogP contribution in [0.1, 0.15) is 29.5 Å². The van der Waals surface area contributed by atoms with Crippen molar-refractivity contribution in [2.24, 2.45) is 5.73 Å². The summed E-state index contributed by atoms with van der Waals surface area (Å²) in [6, 6.07) is 18.0. The largest absolute Gasteiger partial charge is 0.370 e. The van der Waals surface area contributed by atoms with E-state index in [4.69, 9.17) is 5.73 Å². The standard InChI is InChI=1S/C20H24N2O2/c1-16-6-5-9-17(14-16)10-11-20(24)22(13-12-19(21)23)15-18-7-3-2-4-8-18/h2-9,14H,10-13,15H2,1H3,(H2,21,23). The molecule has 4 heteroatoms. The summed E-state index contributed by atoms with van der Waals surface area (Å²) in [6.45, 7) is 2.90. The number of benzene rings is 2. The van der Waals surface area contributed by atoms with Crippen LogP contribution in [0.2, 0.25) is 0 Å². The maximum absolute atomic E-state index is 12.6. The van der Waals surface area contributed by atoms with Crippen LogP contribution in [0.3, 0.4) is 0 Å². The molecule has 2 aromatic rings. The fourth-order valence-corrected chi connectivity index (χ4v) is 2.62. The summed E-state index contributed by atoms with van der Waals surface area (Å²) in [4.78, 5) is 25.4. The first-order valence-corrected chi connectivity index (χ1v) is 8.20. The molecule has 0 fully saturated rings. The third-order valence-electron chi connectivity index (χ3n) is 3.91. The van der Waals surface area contributed by atoms with Gasteiger partial charge >= 0.3 is 0 Å². The molecule has 24 heavy (non-hydrogen) atoms. The van der Waals surface area contributed by atoms with E-state index in [-0.39, 0.29) is 18.2 Å². The lowest BCUT2D eigenvalue weighted by molar-refractivity contribution is -0.132. The van der Waals surface area contributed by atoms with E-state index in [9.17, 15) is 9.59 Å². The second kappa shape index (κ2) is 8.87. The molecule has 4 nitrogen and oxygen atoms in total. The van der Waals surface area contributed by atoms with E-state index in [0.717, 1.165) is 11.1 Å². The van der Waals surface area contributed by atoms with Crippen LogP contribution >= 0.6 is 0 Å². The minimum atomic E-state index is -0.389. The number of rotatable bonds is 8. The van der Waals surface area contributed by atoms with Gasteiger partial charge in [-0.15, -0.1) is 0 Å². The molecule has 2 N–H and O–H groups in total. The van der Waals surface area contributed by atoms with Gasteiger partial charge in [0.15, 0.2) is 0 Å². The summed E-state index contributed by atoms with van der Waals surface area (Å²) < 4.78 is 0. The van der Waals surface area contributed by atoms with Gasteiger partial charge in [0.1, 0.15) is 0 Å². The molecular formula is C20H24N2O2. The highest BCUT2D eigenvalue weighted by atomic mass is 16.2. The third kappa shape index (κ3) is 5.88. The molecule has 0 aliphatic rings. The van der Waals surface area contributed by atoms with E-state index in [2.05, 4.69) is 6.07 Å². The number of hydrogen-bond acceptors (Lipinski definition) is 2. The number of carbonyl (C=O) groups is 2. The van der Waals surface area contributed by atoms with Gasteiger partial charge in [-0.2, -0.15) is 0 Å². The highest BCUT2D eigenvalue weighted by molar-refractivity contribution is 5.78. The first kappa shape index (κ1) is 17.7. The van der Waals surface area contributed by atoms with E-state index in [1.807, 2.05) is 55.5 Å². The Kier molecular flexibility index (Phi) is 6.55. The molecule has 0 radical (unpaired) electrons.